The molecule has 408 valence electrons. The van der Waals surface area contributed by atoms with Gasteiger partial charge in [0.2, 0.25) is 5.91 Å². The molecule has 2 atom stereocenters. The Labute approximate surface area is 431 Å². The van der Waals surface area contributed by atoms with Gasteiger partial charge in [-0.05, 0) is 57.8 Å². The van der Waals surface area contributed by atoms with Crippen LogP contribution >= 0.6 is 0 Å². The maximum absolute atomic E-state index is 12.5. The fraction of sp³-hybridized carbons (Fsp3) is 0.905. The van der Waals surface area contributed by atoms with Crippen molar-refractivity contribution in [3.63, 3.8) is 0 Å². The average Bonchev–Trinajstić information content (AvgIpc) is 3.35. The lowest BCUT2D eigenvalue weighted by atomic mass is 10.0. The molecule has 6 nitrogen and oxygen atoms in total. The molecule has 0 heterocycles. The Balaban J connectivity index is 3.46. The summed E-state index contributed by atoms with van der Waals surface area (Å²) < 4.78 is 5.49. The van der Waals surface area contributed by atoms with E-state index in [-0.39, 0.29) is 18.5 Å². The summed E-state index contributed by atoms with van der Waals surface area (Å²) in [4.78, 5) is 24.6. The summed E-state index contributed by atoms with van der Waals surface area (Å²) >= 11 is 0. The van der Waals surface area contributed by atoms with E-state index in [1.807, 2.05) is 6.08 Å². The second-order valence-corrected chi connectivity index (χ2v) is 21.4. The van der Waals surface area contributed by atoms with Gasteiger partial charge in [0.25, 0.3) is 0 Å². The monoisotopic (exact) mass is 972 g/mol. The molecule has 0 aliphatic rings. The van der Waals surface area contributed by atoms with Crippen molar-refractivity contribution >= 4 is 11.9 Å². The van der Waals surface area contributed by atoms with Gasteiger partial charge in [0.05, 0.1) is 25.4 Å². The Hall–Kier alpha value is -1.66. The van der Waals surface area contributed by atoms with Crippen LogP contribution in [0, 0.1) is 0 Å². The van der Waals surface area contributed by atoms with E-state index in [0.29, 0.717) is 19.4 Å². The van der Waals surface area contributed by atoms with E-state index in [1.54, 1.807) is 6.08 Å². The van der Waals surface area contributed by atoms with Crippen LogP contribution in [-0.4, -0.2) is 47.4 Å². The van der Waals surface area contributed by atoms with Crippen molar-refractivity contribution in [3.8, 4) is 0 Å². The number of unbranched alkanes of at least 4 members (excludes halogenated alkanes) is 45. The zero-order chi connectivity index (χ0) is 50.0. The van der Waals surface area contributed by atoms with Crippen LogP contribution < -0.4 is 5.32 Å². The number of amides is 1. The van der Waals surface area contributed by atoms with E-state index in [1.165, 1.54) is 257 Å². The maximum atomic E-state index is 12.5. The lowest BCUT2D eigenvalue weighted by Gasteiger charge is -2.20. The molecule has 6 heteroatoms. The Morgan fingerprint density at radius 2 is 0.681 bits per heavy atom. The highest BCUT2D eigenvalue weighted by Crippen LogP contribution is 2.17. The summed E-state index contributed by atoms with van der Waals surface area (Å²) in [7, 11) is 0. The molecule has 1 amide bonds. The van der Waals surface area contributed by atoms with Gasteiger partial charge in [-0.1, -0.05) is 295 Å². The second-order valence-electron chi connectivity index (χ2n) is 21.4. The van der Waals surface area contributed by atoms with Crippen LogP contribution in [0.5, 0.6) is 0 Å². The van der Waals surface area contributed by atoms with Gasteiger partial charge in [-0.25, -0.2) is 0 Å². The van der Waals surface area contributed by atoms with Crippen molar-refractivity contribution in [2.24, 2.45) is 0 Å². The lowest BCUT2D eigenvalue weighted by Crippen LogP contribution is -2.45. The van der Waals surface area contributed by atoms with Gasteiger partial charge in [0, 0.05) is 12.8 Å². The number of hydrogen-bond acceptors (Lipinski definition) is 5. The Kier molecular flexibility index (Phi) is 57.5. The van der Waals surface area contributed by atoms with Crippen molar-refractivity contribution in [2.45, 2.75) is 353 Å². The first-order valence-corrected chi connectivity index (χ1v) is 31.1. The number of hydrogen-bond donors (Lipinski definition) is 3. The molecule has 0 aliphatic heterocycles. The van der Waals surface area contributed by atoms with Crippen LogP contribution in [0.2, 0.25) is 0 Å². The third-order valence-electron chi connectivity index (χ3n) is 14.5. The standard InChI is InChI=1S/C63H121NO5/c1-3-5-7-9-11-13-15-17-19-21-23-24-25-27-31-35-39-43-47-51-55-61(66)60(59-65)64-62(67)56-52-48-44-40-36-32-29-30-34-38-42-46-50-54-58-69-63(68)57-53-49-45-41-37-33-28-26-22-20-18-16-14-12-10-8-6-4-2/h20,22,51,55,60-61,65-66H,3-19,21,23-50,52-54,56-59H2,1-2H3,(H,64,67)/b22-20-,55-51+. The predicted octanol–water partition coefficient (Wildman–Crippen LogP) is 19.4. The van der Waals surface area contributed by atoms with E-state index in [2.05, 4.69) is 31.3 Å². The van der Waals surface area contributed by atoms with Gasteiger partial charge < -0.3 is 20.3 Å². The highest BCUT2D eigenvalue weighted by atomic mass is 16.5. The molecule has 0 saturated carbocycles. The van der Waals surface area contributed by atoms with E-state index in [0.717, 1.165) is 57.8 Å². The van der Waals surface area contributed by atoms with Crippen LogP contribution in [0.25, 0.3) is 0 Å². The normalized spacial score (nSPS) is 12.7. The summed E-state index contributed by atoms with van der Waals surface area (Å²) in [6.45, 7) is 4.90. The molecule has 0 rings (SSSR count). The molecular weight excluding hydrogens is 851 g/mol. The number of aliphatic hydroxyl groups is 2. The number of allylic oxidation sites excluding steroid dienone is 3. The number of rotatable bonds is 58. The first kappa shape index (κ1) is 67.3. The molecule has 0 aromatic rings. The van der Waals surface area contributed by atoms with E-state index >= 15 is 0 Å². The quantitative estimate of drug-likeness (QED) is 0.0321. The predicted molar refractivity (Wildman–Crippen MR) is 301 cm³/mol. The van der Waals surface area contributed by atoms with Crippen molar-refractivity contribution in [3.05, 3.63) is 24.3 Å². The number of esters is 1. The number of carbonyl (C=O) groups excluding carboxylic acids is 2. The van der Waals surface area contributed by atoms with Crippen LogP contribution in [0.1, 0.15) is 341 Å². The summed E-state index contributed by atoms with van der Waals surface area (Å²) in [5, 5.41) is 23.2. The van der Waals surface area contributed by atoms with E-state index < -0.39 is 12.1 Å². The summed E-state index contributed by atoms with van der Waals surface area (Å²) in [5.74, 6) is -0.0812. The van der Waals surface area contributed by atoms with Gasteiger partial charge in [0.1, 0.15) is 0 Å². The molecule has 69 heavy (non-hydrogen) atoms. The molecule has 0 radical (unpaired) electrons. The summed E-state index contributed by atoms with van der Waals surface area (Å²) in [6.07, 6.45) is 72.1. The molecule has 0 fully saturated rings. The molecule has 3 N–H and O–H groups in total. The van der Waals surface area contributed by atoms with Crippen LogP contribution in [0.15, 0.2) is 24.3 Å². The minimum atomic E-state index is -0.852. The highest BCUT2D eigenvalue weighted by Gasteiger charge is 2.18. The zero-order valence-corrected chi connectivity index (χ0v) is 46.6. The summed E-state index contributed by atoms with van der Waals surface area (Å²) in [5.41, 5.74) is 0. The molecule has 0 bridgehead atoms. The topological polar surface area (TPSA) is 95.9 Å². The van der Waals surface area contributed by atoms with Crippen LogP contribution in [0.4, 0.5) is 0 Å². The number of carbonyl (C=O) groups is 2. The molecule has 0 aromatic carbocycles. The first-order valence-electron chi connectivity index (χ1n) is 31.1. The van der Waals surface area contributed by atoms with Crippen molar-refractivity contribution < 1.29 is 24.5 Å². The Morgan fingerprint density at radius 1 is 0.391 bits per heavy atom. The van der Waals surface area contributed by atoms with Gasteiger partial charge in [-0.15, -0.1) is 0 Å². The number of aliphatic hydroxyl groups excluding tert-OH is 2. The smallest absolute Gasteiger partial charge is 0.305 e. The second kappa shape index (κ2) is 58.9. The molecule has 0 spiro atoms. The van der Waals surface area contributed by atoms with Crippen LogP contribution in [0.3, 0.4) is 0 Å². The van der Waals surface area contributed by atoms with Gasteiger partial charge in [-0.3, -0.25) is 9.59 Å². The minimum absolute atomic E-state index is 0.00561. The SMILES string of the molecule is CCCCCCCCC/C=C\CCCCCCCCCC(=O)OCCCCCCCCCCCCCCCCC(=O)NC(CO)C(O)/C=C/CCCCCCCCCCCCCCCCCCCC. The van der Waals surface area contributed by atoms with Crippen LogP contribution in [-0.2, 0) is 14.3 Å². The molecular formula is C63H121NO5. The summed E-state index contributed by atoms with van der Waals surface area (Å²) in [6, 6.07) is -0.637. The van der Waals surface area contributed by atoms with Gasteiger partial charge >= 0.3 is 5.97 Å². The fourth-order valence-corrected chi connectivity index (χ4v) is 9.69. The van der Waals surface area contributed by atoms with Crippen molar-refractivity contribution in [2.75, 3.05) is 13.2 Å². The van der Waals surface area contributed by atoms with Gasteiger partial charge in [-0.2, -0.15) is 0 Å². The lowest BCUT2D eigenvalue weighted by molar-refractivity contribution is -0.143. The largest absolute Gasteiger partial charge is 0.466 e. The molecule has 0 saturated heterocycles. The Bertz CT molecular complexity index is 1080. The van der Waals surface area contributed by atoms with E-state index in [9.17, 15) is 19.8 Å². The third-order valence-corrected chi connectivity index (χ3v) is 14.5. The minimum Gasteiger partial charge on any atom is -0.466 e. The fourth-order valence-electron chi connectivity index (χ4n) is 9.69. The maximum Gasteiger partial charge on any atom is 0.305 e. The van der Waals surface area contributed by atoms with E-state index in [4.69, 9.17) is 4.74 Å². The van der Waals surface area contributed by atoms with Crippen molar-refractivity contribution in [1.82, 2.24) is 5.32 Å². The average molecular weight is 973 g/mol. The molecule has 0 aromatic heterocycles. The number of nitrogens with one attached hydrogen (secondary N) is 1. The first-order chi connectivity index (χ1) is 34.0. The Morgan fingerprint density at radius 3 is 1.03 bits per heavy atom. The third kappa shape index (κ3) is 55.5. The van der Waals surface area contributed by atoms with Gasteiger partial charge in [0.15, 0.2) is 0 Å². The van der Waals surface area contributed by atoms with Crippen molar-refractivity contribution in [1.29, 1.82) is 0 Å². The molecule has 2 unspecified atom stereocenters. The zero-order valence-electron chi connectivity index (χ0n) is 46.6. The highest BCUT2D eigenvalue weighted by molar-refractivity contribution is 5.76. The molecule has 0 aliphatic carbocycles. The number of ether oxygens (including phenoxy) is 1.